The average Bonchev–Trinajstić information content (AvgIpc) is 2.93. The molecule has 0 saturated heterocycles. The van der Waals surface area contributed by atoms with E-state index in [1.54, 1.807) is 19.1 Å². The second-order valence-corrected chi connectivity index (χ2v) is 5.74. The molecule has 7 heteroatoms. The van der Waals surface area contributed by atoms with Gasteiger partial charge in [0.1, 0.15) is 11.4 Å². The van der Waals surface area contributed by atoms with Crippen molar-refractivity contribution in [2.75, 3.05) is 11.9 Å². The standard InChI is InChI=1S/C18H13ClFNO4/c1-10-12-4-2-3-5-15(12)25-17(10)18(23)24-9-16(22)21-14-8-11(19)6-7-13(14)20/h2-8H,9H2,1H3,(H,21,22). The third-order valence-electron chi connectivity index (χ3n) is 3.57. The molecule has 0 saturated carbocycles. The van der Waals surface area contributed by atoms with Crippen molar-refractivity contribution in [3.05, 3.63) is 64.6 Å². The number of carbonyl (C=O) groups excluding carboxylic acids is 2. The van der Waals surface area contributed by atoms with Crippen LogP contribution in [-0.4, -0.2) is 18.5 Å². The molecule has 5 nitrogen and oxygen atoms in total. The van der Waals surface area contributed by atoms with Gasteiger partial charge >= 0.3 is 5.97 Å². The minimum Gasteiger partial charge on any atom is -0.450 e. The Morgan fingerprint density at radius 2 is 2.00 bits per heavy atom. The summed E-state index contributed by atoms with van der Waals surface area (Å²) in [7, 11) is 0. The molecule has 2 aromatic carbocycles. The summed E-state index contributed by atoms with van der Waals surface area (Å²) >= 11 is 5.75. The molecule has 0 atom stereocenters. The number of fused-ring (bicyclic) bond motifs is 1. The number of para-hydroxylation sites is 1. The first-order valence-corrected chi connectivity index (χ1v) is 7.73. The zero-order valence-electron chi connectivity index (χ0n) is 13.1. The molecule has 3 rings (SSSR count). The molecule has 25 heavy (non-hydrogen) atoms. The highest BCUT2D eigenvalue weighted by molar-refractivity contribution is 6.30. The van der Waals surface area contributed by atoms with Crippen molar-refractivity contribution >= 4 is 40.1 Å². The maximum Gasteiger partial charge on any atom is 0.375 e. The number of hydrogen-bond donors (Lipinski definition) is 1. The summed E-state index contributed by atoms with van der Waals surface area (Å²) in [6, 6.07) is 10.9. The highest BCUT2D eigenvalue weighted by Gasteiger charge is 2.20. The number of furan rings is 1. The predicted octanol–water partition coefficient (Wildman–Crippen LogP) is 4.33. The molecular weight excluding hydrogens is 349 g/mol. The number of carbonyl (C=O) groups is 2. The molecule has 1 aromatic heterocycles. The predicted molar refractivity (Wildman–Crippen MR) is 91.3 cm³/mol. The summed E-state index contributed by atoms with van der Waals surface area (Å²) in [6.07, 6.45) is 0. The molecule has 0 fully saturated rings. The summed E-state index contributed by atoms with van der Waals surface area (Å²) in [5.41, 5.74) is 1.09. The Kier molecular flexibility index (Phi) is 4.72. The van der Waals surface area contributed by atoms with Crippen molar-refractivity contribution in [2.45, 2.75) is 6.92 Å². The van der Waals surface area contributed by atoms with E-state index in [2.05, 4.69) is 5.32 Å². The van der Waals surface area contributed by atoms with Crippen LogP contribution in [0.3, 0.4) is 0 Å². The van der Waals surface area contributed by atoms with E-state index in [4.69, 9.17) is 20.8 Å². The topological polar surface area (TPSA) is 68.5 Å². The minimum atomic E-state index is -0.768. The lowest BCUT2D eigenvalue weighted by atomic mass is 10.1. The smallest absolute Gasteiger partial charge is 0.375 e. The fourth-order valence-corrected chi connectivity index (χ4v) is 2.52. The molecule has 1 heterocycles. The largest absolute Gasteiger partial charge is 0.450 e. The van der Waals surface area contributed by atoms with Crippen molar-refractivity contribution in [2.24, 2.45) is 0 Å². The summed E-state index contributed by atoms with van der Waals surface area (Å²) in [5, 5.41) is 3.35. The molecule has 0 aliphatic rings. The van der Waals surface area contributed by atoms with Gasteiger partial charge < -0.3 is 14.5 Å². The van der Waals surface area contributed by atoms with Crippen LogP contribution >= 0.6 is 11.6 Å². The Labute approximate surface area is 147 Å². The van der Waals surface area contributed by atoms with Gasteiger partial charge in [0.05, 0.1) is 5.69 Å². The van der Waals surface area contributed by atoms with Crippen LogP contribution in [0.2, 0.25) is 5.02 Å². The maximum atomic E-state index is 13.6. The van der Waals surface area contributed by atoms with Gasteiger partial charge in [0.2, 0.25) is 5.76 Å². The number of aryl methyl sites for hydroxylation is 1. The first-order valence-electron chi connectivity index (χ1n) is 7.36. The third kappa shape index (κ3) is 3.64. The number of benzene rings is 2. The highest BCUT2D eigenvalue weighted by atomic mass is 35.5. The van der Waals surface area contributed by atoms with Gasteiger partial charge in [-0.15, -0.1) is 0 Å². The van der Waals surface area contributed by atoms with Crippen molar-refractivity contribution in [1.82, 2.24) is 0 Å². The maximum absolute atomic E-state index is 13.6. The summed E-state index contributed by atoms with van der Waals surface area (Å²) < 4.78 is 24.0. The Balaban J connectivity index is 1.66. The Hall–Kier alpha value is -2.86. The lowest BCUT2D eigenvalue weighted by molar-refractivity contribution is -0.119. The molecule has 128 valence electrons. The molecular formula is C18H13ClFNO4. The Morgan fingerprint density at radius 1 is 1.24 bits per heavy atom. The van der Waals surface area contributed by atoms with Gasteiger partial charge in [-0.2, -0.15) is 0 Å². The summed E-state index contributed by atoms with van der Waals surface area (Å²) in [4.78, 5) is 24.0. The van der Waals surface area contributed by atoms with Crippen molar-refractivity contribution in [3.63, 3.8) is 0 Å². The average molecular weight is 362 g/mol. The number of nitrogens with one attached hydrogen (secondary N) is 1. The van der Waals surface area contributed by atoms with Crippen LogP contribution in [0.5, 0.6) is 0 Å². The van der Waals surface area contributed by atoms with Crippen molar-refractivity contribution < 1.29 is 23.1 Å². The Morgan fingerprint density at radius 3 is 2.76 bits per heavy atom. The monoisotopic (exact) mass is 361 g/mol. The van der Waals surface area contributed by atoms with Gasteiger partial charge in [-0.05, 0) is 31.2 Å². The first kappa shape index (κ1) is 17.0. The van der Waals surface area contributed by atoms with Crippen LogP contribution in [0.1, 0.15) is 16.1 Å². The summed E-state index contributed by atoms with van der Waals surface area (Å²) in [6.45, 7) is 1.14. The van der Waals surface area contributed by atoms with E-state index in [1.807, 2.05) is 12.1 Å². The molecule has 0 spiro atoms. The molecule has 0 radical (unpaired) electrons. The number of amides is 1. The second kappa shape index (κ2) is 6.94. The quantitative estimate of drug-likeness (QED) is 0.702. The number of ether oxygens (including phenoxy) is 1. The molecule has 0 aliphatic carbocycles. The SMILES string of the molecule is Cc1c(C(=O)OCC(=O)Nc2cc(Cl)ccc2F)oc2ccccc12. The molecule has 0 unspecified atom stereocenters. The highest BCUT2D eigenvalue weighted by Crippen LogP contribution is 2.25. The van der Waals surface area contributed by atoms with Crippen LogP contribution in [-0.2, 0) is 9.53 Å². The fourth-order valence-electron chi connectivity index (χ4n) is 2.35. The van der Waals surface area contributed by atoms with E-state index in [1.165, 1.54) is 12.1 Å². The van der Waals surface area contributed by atoms with E-state index in [0.29, 0.717) is 11.1 Å². The van der Waals surface area contributed by atoms with Gasteiger partial charge in [0.15, 0.2) is 6.61 Å². The van der Waals surface area contributed by atoms with Gasteiger partial charge in [-0.25, -0.2) is 9.18 Å². The van der Waals surface area contributed by atoms with Crippen LogP contribution in [0.25, 0.3) is 11.0 Å². The van der Waals surface area contributed by atoms with Crippen LogP contribution < -0.4 is 5.32 Å². The minimum absolute atomic E-state index is 0.0305. The van der Waals surface area contributed by atoms with Gasteiger partial charge in [-0.1, -0.05) is 29.8 Å². The van der Waals surface area contributed by atoms with Gasteiger partial charge in [0.25, 0.3) is 5.91 Å². The first-order chi connectivity index (χ1) is 12.0. The van der Waals surface area contributed by atoms with Crippen LogP contribution in [0, 0.1) is 12.7 Å². The summed E-state index contributed by atoms with van der Waals surface area (Å²) in [5.74, 6) is -2.07. The zero-order chi connectivity index (χ0) is 18.0. The van der Waals surface area contributed by atoms with Crippen LogP contribution in [0.4, 0.5) is 10.1 Å². The Bertz CT molecular complexity index is 967. The van der Waals surface area contributed by atoms with E-state index in [9.17, 15) is 14.0 Å². The van der Waals surface area contributed by atoms with E-state index < -0.39 is 24.3 Å². The number of rotatable bonds is 4. The molecule has 3 aromatic rings. The van der Waals surface area contributed by atoms with Crippen LogP contribution in [0.15, 0.2) is 46.9 Å². The lowest BCUT2D eigenvalue weighted by Crippen LogP contribution is -2.21. The lowest BCUT2D eigenvalue weighted by Gasteiger charge is -2.07. The number of hydrogen-bond acceptors (Lipinski definition) is 4. The fraction of sp³-hybridized carbons (Fsp3) is 0.111. The van der Waals surface area contributed by atoms with Crippen molar-refractivity contribution in [1.29, 1.82) is 0 Å². The van der Waals surface area contributed by atoms with E-state index >= 15 is 0 Å². The van der Waals surface area contributed by atoms with Gasteiger partial charge in [-0.3, -0.25) is 4.79 Å². The molecule has 1 amide bonds. The molecule has 1 N–H and O–H groups in total. The normalized spacial score (nSPS) is 10.7. The number of halogens is 2. The number of anilines is 1. The van der Waals surface area contributed by atoms with E-state index in [0.717, 1.165) is 11.5 Å². The third-order valence-corrected chi connectivity index (χ3v) is 3.80. The second-order valence-electron chi connectivity index (χ2n) is 5.30. The molecule has 0 bridgehead atoms. The van der Waals surface area contributed by atoms with Gasteiger partial charge in [0, 0.05) is 16.0 Å². The molecule has 0 aliphatic heterocycles. The van der Waals surface area contributed by atoms with E-state index in [-0.39, 0.29) is 16.5 Å². The number of esters is 1. The zero-order valence-corrected chi connectivity index (χ0v) is 13.9. The van der Waals surface area contributed by atoms with Crippen molar-refractivity contribution in [3.8, 4) is 0 Å².